The van der Waals surface area contributed by atoms with Crippen molar-refractivity contribution in [1.82, 2.24) is 19.7 Å². The molecule has 4 heterocycles. The second kappa shape index (κ2) is 15.3. The van der Waals surface area contributed by atoms with Gasteiger partial charge < -0.3 is 20.2 Å². The highest BCUT2D eigenvalue weighted by Gasteiger charge is 2.44. The average molecular weight is 653 g/mol. The smallest absolute Gasteiger partial charge is 0.475 e. The first-order valence-corrected chi connectivity index (χ1v) is 11.9. The molecule has 4 rings (SSSR count). The number of nitrogens with zero attached hydrogens (tertiary/aromatic N) is 5. The Bertz CT molecular complexity index is 1210. The van der Waals surface area contributed by atoms with Gasteiger partial charge in [-0.2, -0.15) is 44.6 Å². The van der Waals surface area contributed by atoms with Gasteiger partial charge in [0.2, 0.25) is 5.91 Å². The molecule has 21 heteroatoms. The lowest BCUT2D eigenvalue weighted by Crippen LogP contribution is -2.52. The minimum absolute atomic E-state index is 0.227. The largest absolute Gasteiger partial charge is 0.490 e. The highest BCUT2D eigenvalue weighted by Crippen LogP contribution is 2.35. The van der Waals surface area contributed by atoms with Crippen molar-refractivity contribution < 1.29 is 74.0 Å². The predicted molar refractivity (Wildman–Crippen MR) is 128 cm³/mol. The maximum atomic E-state index is 12.5. The number of aromatic nitrogens is 3. The highest BCUT2D eigenvalue weighted by atomic mass is 19.4. The Hall–Kier alpha value is -4.43. The standard InChI is InChI=1S/C17H21N5O.3C2HF3O2/c1-20-12-14(10-19-20)22-16-6-9-21(15(16)2-3-17(22)23)11-13-4-7-18-8-5-13;3*3-2(4,5)1(6)7/h4-5,7-8,10,12,15-16H,2-3,6,9,11H2,1H3;3*(H,6,7)/t15-,16-;;;/m1.../s1. The summed E-state index contributed by atoms with van der Waals surface area (Å²) < 4.78 is 97.0. The van der Waals surface area contributed by atoms with Gasteiger partial charge in [-0.1, -0.05) is 0 Å². The lowest BCUT2D eigenvalue weighted by atomic mass is 9.95. The first-order valence-electron chi connectivity index (χ1n) is 11.9. The van der Waals surface area contributed by atoms with Crippen molar-refractivity contribution in [2.45, 2.75) is 56.4 Å². The quantitative estimate of drug-likeness (QED) is 0.418. The van der Waals surface area contributed by atoms with Crippen molar-refractivity contribution in [3.63, 3.8) is 0 Å². The van der Waals surface area contributed by atoms with Crippen LogP contribution in [-0.4, -0.2) is 96.0 Å². The fourth-order valence-corrected chi connectivity index (χ4v) is 3.94. The Kier molecular flexibility index (Phi) is 13.1. The molecule has 0 saturated carbocycles. The Labute approximate surface area is 241 Å². The van der Waals surface area contributed by atoms with E-state index >= 15 is 0 Å². The minimum Gasteiger partial charge on any atom is -0.475 e. The summed E-state index contributed by atoms with van der Waals surface area (Å²) in [6.45, 7) is 1.96. The molecule has 2 saturated heterocycles. The fourth-order valence-electron chi connectivity index (χ4n) is 3.94. The molecule has 2 aromatic rings. The molecule has 0 bridgehead atoms. The fraction of sp³-hybridized carbons (Fsp3) is 0.478. The van der Waals surface area contributed by atoms with Crippen LogP contribution in [0.4, 0.5) is 45.2 Å². The van der Waals surface area contributed by atoms with Crippen molar-refractivity contribution in [1.29, 1.82) is 0 Å². The lowest BCUT2D eigenvalue weighted by Gasteiger charge is -2.39. The first-order chi connectivity index (χ1) is 20.1. The molecule has 0 radical (unpaired) electrons. The number of anilines is 1. The van der Waals surface area contributed by atoms with E-state index in [9.17, 15) is 44.3 Å². The van der Waals surface area contributed by atoms with Crippen LogP contribution in [-0.2, 0) is 32.8 Å². The summed E-state index contributed by atoms with van der Waals surface area (Å²) in [5.74, 6) is -8.04. The lowest BCUT2D eigenvalue weighted by molar-refractivity contribution is -0.193. The molecule has 0 unspecified atom stereocenters. The van der Waals surface area contributed by atoms with Crippen molar-refractivity contribution >= 4 is 29.5 Å². The number of carbonyl (C=O) groups is 4. The van der Waals surface area contributed by atoms with E-state index in [2.05, 4.69) is 27.1 Å². The maximum Gasteiger partial charge on any atom is 0.490 e. The Morgan fingerprint density at radius 2 is 1.30 bits per heavy atom. The number of aliphatic carboxylic acids is 3. The third-order valence-electron chi connectivity index (χ3n) is 5.71. The average Bonchev–Trinajstić information content (AvgIpc) is 3.50. The molecule has 1 amide bonds. The van der Waals surface area contributed by atoms with Gasteiger partial charge in [0.25, 0.3) is 0 Å². The number of amides is 1. The van der Waals surface area contributed by atoms with Crippen molar-refractivity contribution in [2.24, 2.45) is 7.05 Å². The van der Waals surface area contributed by atoms with E-state index < -0.39 is 36.4 Å². The van der Waals surface area contributed by atoms with Gasteiger partial charge in [-0.05, 0) is 30.5 Å². The molecule has 2 aliphatic rings. The van der Waals surface area contributed by atoms with Gasteiger partial charge in [0.15, 0.2) is 0 Å². The second-order valence-electron chi connectivity index (χ2n) is 8.83. The maximum absolute atomic E-state index is 12.5. The third-order valence-corrected chi connectivity index (χ3v) is 5.71. The number of pyridine rings is 1. The topological polar surface area (TPSA) is 166 Å². The predicted octanol–water partition coefficient (Wildman–Crippen LogP) is 3.48. The molecule has 2 atom stereocenters. The second-order valence-corrected chi connectivity index (χ2v) is 8.83. The van der Waals surface area contributed by atoms with Gasteiger partial charge in [0.1, 0.15) is 0 Å². The number of rotatable bonds is 3. The summed E-state index contributed by atoms with van der Waals surface area (Å²) in [4.78, 5) is 47.7. The number of likely N-dealkylation sites (tertiary alicyclic amines) is 1. The normalized spacial score (nSPS) is 18.4. The molecular weight excluding hydrogens is 629 g/mol. The van der Waals surface area contributed by atoms with Crippen LogP contribution in [0.1, 0.15) is 24.8 Å². The van der Waals surface area contributed by atoms with Crippen LogP contribution in [0.25, 0.3) is 0 Å². The number of carboxylic acid groups (broad SMARTS) is 3. The van der Waals surface area contributed by atoms with E-state index in [0.29, 0.717) is 12.5 Å². The van der Waals surface area contributed by atoms with E-state index in [1.807, 2.05) is 30.5 Å². The number of hydrogen-bond acceptors (Lipinski definition) is 7. The van der Waals surface area contributed by atoms with E-state index in [4.69, 9.17) is 29.7 Å². The molecule has 2 aliphatic heterocycles. The molecule has 0 aromatic carbocycles. The van der Waals surface area contributed by atoms with Gasteiger partial charge in [-0.3, -0.25) is 19.4 Å². The van der Waals surface area contributed by atoms with E-state index in [1.54, 1.807) is 10.9 Å². The van der Waals surface area contributed by atoms with E-state index in [0.717, 1.165) is 31.6 Å². The molecule has 0 aliphatic carbocycles. The number of fused-ring (bicyclic) bond motifs is 1. The monoisotopic (exact) mass is 653 g/mol. The third kappa shape index (κ3) is 12.1. The number of hydrogen-bond donors (Lipinski definition) is 3. The first kappa shape index (κ1) is 37.6. The van der Waals surface area contributed by atoms with Gasteiger partial charge in [0, 0.05) is 51.2 Å². The van der Waals surface area contributed by atoms with Crippen molar-refractivity contribution in [2.75, 3.05) is 11.4 Å². The van der Waals surface area contributed by atoms with Crippen molar-refractivity contribution in [3.05, 3.63) is 42.5 Å². The number of halogens is 9. The summed E-state index contributed by atoms with van der Waals surface area (Å²) in [6.07, 6.45) is -5.24. The SMILES string of the molecule is Cn1cc(N2C(=O)CC[C@@H]3[C@H]2CCN3Cc2ccncc2)cn1.O=C(O)C(F)(F)F.O=C(O)C(F)(F)F.O=C(O)C(F)(F)F. The molecular formula is C23H24F9N5O7. The summed E-state index contributed by atoms with van der Waals surface area (Å²) in [5.41, 5.74) is 2.21. The Balaban J connectivity index is 0.000000379. The number of alkyl halides is 9. The number of carboxylic acids is 3. The van der Waals surface area contributed by atoms with Crippen LogP contribution in [0.2, 0.25) is 0 Å². The van der Waals surface area contributed by atoms with Gasteiger partial charge >= 0.3 is 36.4 Å². The summed E-state index contributed by atoms with van der Waals surface area (Å²) in [6, 6.07) is 4.84. The van der Waals surface area contributed by atoms with Crippen LogP contribution >= 0.6 is 0 Å². The van der Waals surface area contributed by atoms with E-state index in [1.165, 1.54) is 5.56 Å². The number of piperidine rings is 1. The van der Waals surface area contributed by atoms with Gasteiger partial charge in [0.05, 0.1) is 17.9 Å². The zero-order chi connectivity index (χ0) is 34.0. The van der Waals surface area contributed by atoms with Crippen LogP contribution in [0.5, 0.6) is 0 Å². The van der Waals surface area contributed by atoms with Crippen LogP contribution in [0.3, 0.4) is 0 Å². The zero-order valence-electron chi connectivity index (χ0n) is 22.3. The molecule has 2 aromatic heterocycles. The number of aryl methyl sites for hydroxylation is 1. The van der Waals surface area contributed by atoms with Crippen LogP contribution < -0.4 is 4.90 Å². The molecule has 246 valence electrons. The minimum atomic E-state index is -5.08. The molecule has 12 nitrogen and oxygen atoms in total. The summed E-state index contributed by atoms with van der Waals surface area (Å²) in [7, 11) is 1.89. The molecule has 2 fully saturated rings. The van der Waals surface area contributed by atoms with Gasteiger partial charge in [-0.25, -0.2) is 14.4 Å². The van der Waals surface area contributed by atoms with Crippen LogP contribution in [0, 0.1) is 0 Å². The summed E-state index contributed by atoms with van der Waals surface area (Å²) >= 11 is 0. The number of carbonyl (C=O) groups excluding carboxylic acids is 1. The molecule has 3 N–H and O–H groups in total. The molecule has 0 spiro atoms. The Morgan fingerprint density at radius 1 is 0.841 bits per heavy atom. The zero-order valence-corrected chi connectivity index (χ0v) is 22.3. The van der Waals surface area contributed by atoms with Crippen molar-refractivity contribution in [3.8, 4) is 0 Å². The highest BCUT2D eigenvalue weighted by molar-refractivity contribution is 5.94. The van der Waals surface area contributed by atoms with Gasteiger partial charge in [-0.15, -0.1) is 0 Å². The van der Waals surface area contributed by atoms with E-state index in [-0.39, 0.29) is 11.9 Å². The van der Waals surface area contributed by atoms with Crippen LogP contribution in [0.15, 0.2) is 36.9 Å². The molecule has 44 heavy (non-hydrogen) atoms. The Morgan fingerprint density at radius 3 is 1.68 bits per heavy atom. The summed E-state index contributed by atoms with van der Waals surface area (Å²) in [5, 5.41) is 25.6.